The highest BCUT2D eigenvalue weighted by Crippen LogP contribution is 2.31. The van der Waals surface area contributed by atoms with Gasteiger partial charge in [0, 0.05) is 21.1 Å². The average Bonchev–Trinajstić information content (AvgIpc) is 3.20. The molecule has 0 aliphatic carbocycles. The summed E-state index contributed by atoms with van der Waals surface area (Å²) in [4.78, 5) is 38.6. The van der Waals surface area contributed by atoms with Gasteiger partial charge in [0.1, 0.15) is 17.1 Å². The van der Waals surface area contributed by atoms with Crippen LogP contribution in [0.1, 0.15) is 16.1 Å². The number of phenols is 1. The average molecular weight is 399 g/mol. The Balaban J connectivity index is 2.02. The van der Waals surface area contributed by atoms with Gasteiger partial charge in [-0.2, -0.15) is 0 Å². The molecule has 0 radical (unpaired) electrons. The second kappa shape index (κ2) is 7.97. The number of amides is 1. The van der Waals surface area contributed by atoms with Crippen LogP contribution in [0.3, 0.4) is 0 Å². The van der Waals surface area contributed by atoms with Crippen LogP contribution in [0.25, 0.3) is 0 Å². The van der Waals surface area contributed by atoms with E-state index in [1.165, 1.54) is 30.3 Å². The molecule has 0 spiro atoms. The van der Waals surface area contributed by atoms with E-state index in [0.29, 0.717) is 5.76 Å². The molecule has 10 nitrogen and oxygen atoms in total. The first-order valence-electron chi connectivity index (χ1n) is 8.69. The number of furan rings is 1. The topological polar surface area (TPSA) is 133 Å². The number of nitrogens with one attached hydrogen (secondary N) is 3. The maximum absolute atomic E-state index is 12.6. The molecule has 0 bridgehead atoms. The van der Waals surface area contributed by atoms with Crippen LogP contribution in [0, 0.1) is 0 Å². The standard InChI is InChI=1S/C19H21N5O5/c1-23(2)18(27)12-7-4-8-13(16(12)25)21-14-15(19(28)24(3)22-17(14)26)20-10-11-6-5-9-29-11/h4-9,20-21,25H,10H2,1-3H3,(H,22,26). The third-order valence-electron chi connectivity index (χ3n) is 4.22. The van der Waals surface area contributed by atoms with E-state index in [9.17, 15) is 19.5 Å². The number of benzene rings is 1. The van der Waals surface area contributed by atoms with Crippen molar-refractivity contribution in [2.24, 2.45) is 7.05 Å². The second-order valence-corrected chi connectivity index (χ2v) is 6.51. The molecule has 0 unspecified atom stereocenters. The van der Waals surface area contributed by atoms with Gasteiger partial charge in [-0.3, -0.25) is 24.2 Å². The zero-order chi connectivity index (χ0) is 21.1. The first-order chi connectivity index (χ1) is 13.8. The SMILES string of the molecule is CN(C)C(=O)c1cccc(Nc2c(NCc3ccco3)c(=O)n(C)[nH]c2=O)c1O. The molecule has 3 aromatic rings. The van der Waals surface area contributed by atoms with Gasteiger partial charge < -0.3 is 25.1 Å². The minimum absolute atomic E-state index is 0.00334. The number of para-hydroxylation sites is 1. The van der Waals surface area contributed by atoms with E-state index in [4.69, 9.17) is 4.42 Å². The fourth-order valence-corrected chi connectivity index (χ4v) is 2.71. The summed E-state index contributed by atoms with van der Waals surface area (Å²) in [6.45, 7) is 0.172. The Hall–Kier alpha value is -3.95. The highest BCUT2D eigenvalue weighted by molar-refractivity contribution is 5.98. The van der Waals surface area contributed by atoms with Crippen molar-refractivity contribution >= 4 is 23.0 Å². The highest BCUT2D eigenvalue weighted by Gasteiger charge is 2.19. The van der Waals surface area contributed by atoms with Crippen LogP contribution in [0.15, 0.2) is 50.6 Å². The van der Waals surface area contributed by atoms with Crippen molar-refractivity contribution in [2.75, 3.05) is 24.7 Å². The third kappa shape index (κ3) is 4.00. The molecule has 10 heteroatoms. The summed E-state index contributed by atoms with van der Waals surface area (Å²) in [5.41, 5.74) is -1.000. The summed E-state index contributed by atoms with van der Waals surface area (Å²) < 4.78 is 6.28. The molecule has 1 aromatic carbocycles. The van der Waals surface area contributed by atoms with Crippen molar-refractivity contribution in [3.63, 3.8) is 0 Å². The van der Waals surface area contributed by atoms with Gasteiger partial charge >= 0.3 is 0 Å². The highest BCUT2D eigenvalue weighted by atomic mass is 16.3. The predicted molar refractivity (Wildman–Crippen MR) is 108 cm³/mol. The first-order valence-corrected chi connectivity index (χ1v) is 8.69. The number of nitrogens with zero attached hydrogens (tertiary/aromatic N) is 2. The smallest absolute Gasteiger partial charge is 0.290 e. The van der Waals surface area contributed by atoms with E-state index >= 15 is 0 Å². The van der Waals surface area contributed by atoms with Crippen LogP contribution >= 0.6 is 0 Å². The molecule has 3 rings (SSSR count). The quantitative estimate of drug-likeness (QED) is 0.461. The number of anilines is 3. The van der Waals surface area contributed by atoms with Crippen molar-refractivity contribution in [3.8, 4) is 5.75 Å². The maximum Gasteiger partial charge on any atom is 0.290 e. The van der Waals surface area contributed by atoms with Crippen LogP contribution in [-0.2, 0) is 13.6 Å². The molecule has 4 N–H and O–H groups in total. The molecule has 0 aliphatic rings. The van der Waals surface area contributed by atoms with Crippen molar-refractivity contribution in [1.29, 1.82) is 0 Å². The number of H-pyrrole nitrogens is 1. The lowest BCUT2D eigenvalue weighted by Crippen LogP contribution is -2.31. The maximum atomic E-state index is 12.6. The Labute approximate surface area is 165 Å². The van der Waals surface area contributed by atoms with Gasteiger partial charge in [0.25, 0.3) is 17.0 Å². The van der Waals surface area contributed by atoms with Crippen molar-refractivity contribution in [1.82, 2.24) is 14.7 Å². The fraction of sp³-hybridized carbons (Fsp3) is 0.211. The molecule has 2 aromatic heterocycles. The molecule has 0 saturated heterocycles. The van der Waals surface area contributed by atoms with Crippen LogP contribution in [0.4, 0.5) is 17.1 Å². The zero-order valence-corrected chi connectivity index (χ0v) is 16.1. The van der Waals surface area contributed by atoms with E-state index in [0.717, 1.165) is 4.68 Å². The Morgan fingerprint density at radius 2 is 1.97 bits per heavy atom. The summed E-state index contributed by atoms with van der Waals surface area (Å²) in [5, 5.41) is 18.6. The van der Waals surface area contributed by atoms with Crippen LogP contribution in [-0.4, -0.2) is 39.8 Å². The van der Waals surface area contributed by atoms with Crippen LogP contribution in [0.2, 0.25) is 0 Å². The summed E-state index contributed by atoms with van der Waals surface area (Å²) in [7, 11) is 4.54. The van der Waals surface area contributed by atoms with E-state index in [-0.39, 0.29) is 34.9 Å². The number of aryl methyl sites for hydroxylation is 1. The summed E-state index contributed by atoms with van der Waals surface area (Å²) in [5.74, 6) is -0.164. The lowest BCUT2D eigenvalue weighted by atomic mass is 10.1. The summed E-state index contributed by atoms with van der Waals surface area (Å²) in [6, 6.07) is 7.95. The molecule has 1 amide bonds. The Kier molecular flexibility index (Phi) is 5.44. The third-order valence-corrected chi connectivity index (χ3v) is 4.22. The van der Waals surface area contributed by atoms with Crippen molar-refractivity contribution < 1.29 is 14.3 Å². The zero-order valence-electron chi connectivity index (χ0n) is 16.1. The first kappa shape index (κ1) is 19.8. The number of hydrogen-bond acceptors (Lipinski definition) is 7. The lowest BCUT2D eigenvalue weighted by molar-refractivity contribution is 0.0824. The monoisotopic (exact) mass is 399 g/mol. The Morgan fingerprint density at radius 1 is 1.21 bits per heavy atom. The number of carbonyl (C=O) groups is 1. The number of aromatic nitrogens is 2. The number of phenolic OH excluding ortho intramolecular Hbond substituents is 1. The van der Waals surface area contributed by atoms with Crippen LogP contribution in [0.5, 0.6) is 5.75 Å². The van der Waals surface area contributed by atoms with Gasteiger partial charge in [0.05, 0.1) is 24.1 Å². The van der Waals surface area contributed by atoms with Gasteiger partial charge in [-0.15, -0.1) is 0 Å². The summed E-state index contributed by atoms with van der Waals surface area (Å²) >= 11 is 0. The molecule has 0 atom stereocenters. The number of aromatic amines is 1. The molecule has 2 heterocycles. The molecule has 0 saturated carbocycles. The number of rotatable bonds is 6. The predicted octanol–water partition coefficient (Wildman–Crippen LogP) is 1.43. The Morgan fingerprint density at radius 3 is 2.62 bits per heavy atom. The minimum atomic E-state index is -0.585. The summed E-state index contributed by atoms with van der Waals surface area (Å²) in [6.07, 6.45) is 1.50. The molecule has 152 valence electrons. The Bertz CT molecular complexity index is 1140. The van der Waals surface area contributed by atoms with E-state index in [2.05, 4.69) is 15.7 Å². The normalized spacial score (nSPS) is 10.6. The largest absolute Gasteiger partial charge is 0.505 e. The van der Waals surface area contributed by atoms with Gasteiger partial charge in [0.2, 0.25) is 0 Å². The van der Waals surface area contributed by atoms with E-state index in [1.54, 1.807) is 32.3 Å². The second-order valence-electron chi connectivity index (χ2n) is 6.51. The molecular formula is C19H21N5O5. The van der Waals surface area contributed by atoms with Gasteiger partial charge in [0.15, 0.2) is 5.75 Å². The van der Waals surface area contributed by atoms with Gasteiger partial charge in [-0.1, -0.05) is 6.07 Å². The van der Waals surface area contributed by atoms with Gasteiger partial charge in [-0.05, 0) is 24.3 Å². The number of aromatic hydroxyl groups is 1. The van der Waals surface area contributed by atoms with E-state index < -0.39 is 17.0 Å². The lowest BCUT2D eigenvalue weighted by Gasteiger charge is -2.16. The molecule has 0 fully saturated rings. The van der Waals surface area contributed by atoms with E-state index in [1.807, 2.05) is 0 Å². The fourth-order valence-electron chi connectivity index (χ4n) is 2.71. The van der Waals surface area contributed by atoms with Crippen LogP contribution < -0.4 is 21.8 Å². The molecule has 29 heavy (non-hydrogen) atoms. The van der Waals surface area contributed by atoms with Gasteiger partial charge in [-0.25, -0.2) is 0 Å². The molecule has 0 aliphatic heterocycles. The minimum Gasteiger partial charge on any atom is -0.505 e. The van der Waals surface area contributed by atoms with Crippen molar-refractivity contribution in [3.05, 3.63) is 68.6 Å². The molecular weight excluding hydrogens is 378 g/mol. The number of carbonyl (C=O) groups excluding carboxylic acids is 1. The van der Waals surface area contributed by atoms with Crippen molar-refractivity contribution in [2.45, 2.75) is 6.54 Å². The number of hydrogen-bond donors (Lipinski definition) is 4.